The molecule has 0 amide bonds. The number of nitrogens with one attached hydrogen (secondary N) is 1. The van der Waals surface area contributed by atoms with E-state index in [1.54, 1.807) is 20.8 Å². The van der Waals surface area contributed by atoms with Crippen molar-refractivity contribution in [2.45, 2.75) is 38.9 Å². The molecule has 0 radical (unpaired) electrons. The largest absolute Gasteiger partial charge is 0.417 e. The van der Waals surface area contributed by atoms with Gasteiger partial charge in [-0.15, -0.1) is 0 Å². The Morgan fingerprint density at radius 3 is 2.40 bits per heavy atom. The van der Waals surface area contributed by atoms with E-state index in [-0.39, 0.29) is 29.3 Å². The zero-order valence-corrected chi connectivity index (χ0v) is 16.6. The summed E-state index contributed by atoms with van der Waals surface area (Å²) in [6, 6.07) is 8.51. The van der Waals surface area contributed by atoms with Crippen molar-refractivity contribution in [3.63, 3.8) is 0 Å². The van der Waals surface area contributed by atoms with E-state index in [4.69, 9.17) is 11.0 Å². The Morgan fingerprint density at radius 1 is 1.20 bits per heavy atom. The molecular formula is C21H20F4N4O. The SMILES string of the molecule is CCC(=O)c1ccc(NC(C)(C)C(N)=Nc2ccc(C#N)c(C(F)(F)F)c2)cc1F. The summed E-state index contributed by atoms with van der Waals surface area (Å²) in [5, 5.41) is 11.8. The van der Waals surface area contributed by atoms with Gasteiger partial charge in [-0.2, -0.15) is 18.4 Å². The molecule has 158 valence electrons. The Hall–Kier alpha value is -3.41. The lowest BCUT2D eigenvalue weighted by Gasteiger charge is -2.27. The molecule has 0 aliphatic rings. The third kappa shape index (κ3) is 5.14. The summed E-state index contributed by atoms with van der Waals surface area (Å²) in [4.78, 5) is 15.7. The second-order valence-corrected chi connectivity index (χ2v) is 7.06. The third-order valence-electron chi connectivity index (χ3n) is 4.37. The van der Waals surface area contributed by atoms with Crippen molar-refractivity contribution in [2.75, 3.05) is 5.32 Å². The molecule has 0 aliphatic carbocycles. The molecule has 5 nitrogen and oxygen atoms in total. The summed E-state index contributed by atoms with van der Waals surface area (Å²) in [7, 11) is 0. The molecule has 0 fully saturated rings. The molecule has 9 heteroatoms. The van der Waals surface area contributed by atoms with E-state index < -0.39 is 28.7 Å². The molecule has 0 aliphatic heterocycles. The van der Waals surface area contributed by atoms with Gasteiger partial charge in [0.2, 0.25) is 0 Å². The first-order valence-electron chi connectivity index (χ1n) is 8.96. The quantitative estimate of drug-likeness (QED) is 0.291. The Labute approximate surface area is 171 Å². The van der Waals surface area contributed by atoms with Crippen molar-refractivity contribution in [2.24, 2.45) is 10.7 Å². The van der Waals surface area contributed by atoms with Gasteiger partial charge in [-0.3, -0.25) is 4.79 Å². The maximum Gasteiger partial charge on any atom is 0.417 e. The molecule has 2 aromatic rings. The highest BCUT2D eigenvalue weighted by Crippen LogP contribution is 2.34. The first-order valence-corrected chi connectivity index (χ1v) is 8.96. The van der Waals surface area contributed by atoms with Crippen molar-refractivity contribution in [3.8, 4) is 6.07 Å². The van der Waals surface area contributed by atoms with Gasteiger partial charge in [0.25, 0.3) is 0 Å². The second-order valence-electron chi connectivity index (χ2n) is 7.06. The smallest absolute Gasteiger partial charge is 0.385 e. The van der Waals surface area contributed by atoms with Crippen LogP contribution in [0.1, 0.15) is 48.7 Å². The number of alkyl halides is 3. The number of ketones is 1. The predicted molar refractivity (Wildman–Crippen MR) is 106 cm³/mol. The Kier molecular flexibility index (Phi) is 6.50. The number of nitrogens with zero attached hydrogens (tertiary/aromatic N) is 2. The number of carbonyl (C=O) groups excluding carboxylic acids is 1. The number of anilines is 1. The lowest BCUT2D eigenvalue weighted by atomic mass is 10.0. The van der Waals surface area contributed by atoms with Crippen LogP contribution in [0.15, 0.2) is 41.4 Å². The van der Waals surface area contributed by atoms with Crippen molar-refractivity contribution >= 4 is 23.0 Å². The number of aliphatic imine (C=N–C) groups is 1. The van der Waals surface area contributed by atoms with Crippen molar-refractivity contribution in [1.29, 1.82) is 5.26 Å². The molecule has 0 unspecified atom stereocenters. The minimum Gasteiger partial charge on any atom is -0.385 e. The monoisotopic (exact) mass is 420 g/mol. The van der Waals surface area contributed by atoms with Crippen LogP contribution < -0.4 is 11.1 Å². The molecule has 0 spiro atoms. The Bertz CT molecular complexity index is 1040. The molecular weight excluding hydrogens is 400 g/mol. The minimum absolute atomic E-state index is 0.0280. The first kappa shape index (κ1) is 22.9. The highest BCUT2D eigenvalue weighted by molar-refractivity contribution is 5.97. The van der Waals surface area contributed by atoms with Gasteiger partial charge in [-0.1, -0.05) is 6.92 Å². The molecule has 0 aromatic heterocycles. The molecule has 2 aromatic carbocycles. The van der Waals surface area contributed by atoms with E-state index in [1.165, 1.54) is 24.3 Å². The molecule has 30 heavy (non-hydrogen) atoms. The molecule has 0 atom stereocenters. The van der Waals surface area contributed by atoms with Crippen molar-refractivity contribution in [1.82, 2.24) is 0 Å². The molecule has 0 bridgehead atoms. The van der Waals surface area contributed by atoms with E-state index in [0.717, 1.165) is 18.2 Å². The minimum atomic E-state index is -4.71. The van der Waals surface area contributed by atoms with Crippen molar-refractivity contribution < 1.29 is 22.4 Å². The maximum absolute atomic E-state index is 14.2. The van der Waals surface area contributed by atoms with Crippen LogP contribution in [0.3, 0.4) is 0 Å². The Morgan fingerprint density at radius 2 is 1.87 bits per heavy atom. The highest BCUT2D eigenvalue weighted by Gasteiger charge is 2.34. The number of carbonyl (C=O) groups is 1. The average molecular weight is 420 g/mol. The molecule has 3 N–H and O–H groups in total. The number of nitrogens with two attached hydrogens (primary N) is 1. The zero-order valence-electron chi connectivity index (χ0n) is 16.6. The van der Waals surface area contributed by atoms with Crippen LogP contribution >= 0.6 is 0 Å². The maximum atomic E-state index is 14.2. The summed E-state index contributed by atoms with van der Waals surface area (Å²) in [5.41, 5.74) is 3.52. The number of nitriles is 1. The van der Waals surface area contributed by atoms with E-state index in [1.807, 2.05) is 0 Å². The molecule has 2 rings (SSSR count). The summed E-state index contributed by atoms with van der Waals surface area (Å²) in [6.07, 6.45) is -4.55. The van der Waals surface area contributed by atoms with Gasteiger partial charge < -0.3 is 11.1 Å². The second kappa shape index (κ2) is 8.53. The zero-order chi connectivity index (χ0) is 22.7. The van der Waals surface area contributed by atoms with Gasteiger partial charge in [0.05, 0.1) is 34.0 Å². The van der Waals surface area contributed by atoms with E-state index in [2.05, 4.69) is 10.3 Å². The van der Waals surface area contributed by atoms with Crippen LogP contribution in [-0.4, -0.2) is 17.2 Å². The van der Waals surface area contributed by atoms with Crippen LogP contribution in [0.2, 0.25) is 0 Å². The topological polar surface area (TPSA) is 91.3 Å². The van der Waals surface area contributed by atoms with Crippen LogP contribution in [0.4, 0.5) is 28.9 Å². The normalized spacial score (nSPS) is 12.4. The van der Waals surface area contributed by atoms with Gasteiger partial charge in [0, 0.05) is 12.1 Å². The predicted octanol–water partition coefficient (Wildman–Crippen LogP) is 5.19. The fraction of sp³-hybridized carbons (Fsp3) is 0.286. The van der Waals surface area contributed by atoms with E-state index >= 15 is 0 Å². The van der Waals surface area contributed by atoms with Crippen LogP contribution in [0.25, 0.3) is 0 Å². The summed E-state index contributed by atoms with van der Waals surface area (Å²) >= 11 is 0. The highest BCUT2D eigenvalue weighted by atomic mass is 19.4. The third-order valence-corrected chi connectivity index (χ3v) is 4.37. The first-order chi connectivity index (χ1) is 13.9. The fourth-order valence-corrected chi connectivity index (χ4v) is 2.65. The lowest BCUT2D eigenvalue weighted by Crippen LogP contribution is -2.45. The van der Waals surface area contributed by atoms with Crippen molar-refractivity contribution in [3.05, 3.63) is 58.9 Å². The van der Waals surface area contributed by atoms with E-state index in [0.29, 0.717) is 5.69 Å². The molecule has 0 saturated carbocycles. The number of halogens is 4. The lowest BCUT2D eigenvalue weighted by molar-refractivity contribution is -0.137. The average Bonchev–Trinajstić information content (AvgIpc) is 2.66. The van der Waals surface area contributed by atoms with Gasteiger partial charge in [0.1, 0.15) is 11.7 Å². The molecule has 0 saturated heterocycles. The summed E-state index contributed by atoms with van der Waals surface area (Å²) < 4.78 is 53.6. The number of benzene rings is 2. The standard InChI is InChI=1S/C21H20F4N4O/c1-4-18(30)15-8-7-14(10-17(15)22)29-20(2,3)19(27)28-13-6-5-12(11-26)16(9-13)21(23,24)25/h5-10,29H,4H2,1-3H3,(H2,27,28). The summed E-state index contributed by atoms with van der Waals surface area (Å²) in [5.74, 6) is -1.09. The number of hydrogen-bond donors (Lipinski definition) is 2. The Balaban J connectivity index is 2.32. The fourth-order valence-electron chi connectivity index (χ4n) is 2.65. The van der Waals surface area contributed by atoms with Crippen LogP contribution in [-0.2, 0) is 6.18 Å². The van der Waals surface area contributed by atoms with E-state index in [9.17, 15) is 22.4 Å². The van der Waals surface area contributed by atoms with Gasteiger partial charge in [-0.25, -0.2) is 9.38 Å². The summed E-state index contributed by atoms with van der Waals surface area (Å²) in [6.45, 7) is 4.86. The van der Waals surface area contributed by atoms with Gasteiger partial charge in [0.15, 0.2) is 5.78 Å². The van der Waals surface area contributed by atoms with Crippen LogP contribution in [0.5, 0.6) is 0 Å². The molecule has 0 heterocycles. The van der Waals surface area contributed by atoms with Crippen LogP contribution in [0, 0.1) is 17.1 Å². The van der Waals surface area contributed by atoms with Gasteiger partial charge in [-0.05, 0) is 50.2 Å². The van der Waals surface area contributed by atoms with Gasteiger partial charge >= 0.3 is 6.18 Å². The number of amidine groups is 1. The number of rotatable bonds is 6. The number of Topliss-reactive ketones (excluding diaryl/α,β-unsaturated/α-hetero) is 1. The number of hydrogen-bond acceptors (Lipinski definition) is 4.